The van der Waals surface area contributed by atoms with E-state index in [2.05, 4.69) is 38.1 Å². The Hall–Kier alpha value is -4.37. The lowest BCUT2D eigenvalue weighted by molar-refractivity contribution is -0.502. The van der Waals surface area contributed by atoms with E-state index >= 15 is 0 Å². The number of nitro groups is 3. The van der Waals surface area contributed by atoms with Crippen LogP contribution in [0.1, 0.15) is 12.6 Å². The van der Waals surface area contributed by atoms with Gasteiger partial charge in [0.05, 0.1) is 27.5 Å². The summed E-state index contributed by atoms with van der Waals surface area (Å²) in [6.07, 6.45) is -7.13. The van der Waals surface area contributed by atoms with Gasteiger partial charge in [0.2, 0.25) is 5.95 Å². The van der Waals surface area contributed by atoms with Crippen molar-refractivity contribution < 1.29 is 75.4 Å². The number of fused-ring (bicyclic) bond motifs is 2. The van der Waals surface area contributed by atoms with E-state index in [1.54, 1.807) is 0 Å². The van der Waals surface area contributed by atoms with Gasteiger partial charge in [0.15, 0.2) is 23.2 Å². The first kappa shape index (κ1) is 35.9. The maximum Gasteiger partial charge on any atom is 0.490 e. The smallest absolute Gasteiger partial charge is 0.382 e. The molecular weight excluding hydrogens is 743 g/mol. The number of hydrogen-bond acceptors (Lipinski definition) is 20. The summed E-state index contributed by atoms with van der Waals surface area (Å²) in [6.45, 7) is -1.28. The molecule has 0 amide bonds. The summed E-state index contributed by atoms with van der Waals surface area (Å²) in [6, 6.07) is 0. The molecule has 1 aliphatic carbocycles. The van der Waals surface area contributed by atoms with Crippen LogP contribution in [0.3, 0.4) is 0 Å². The van der Waals surface area contributed by atoms with Gasteiger partial charge in [-0.05, 0) is 10.6 Å². The monoisotopic (exact) mass is 759 g/mol. The highest BCUT2D eigenvalue weighted by atomic mass is 31.3. The third-order valence-electron chi connectivity index (χ3n) is 6.57. The van der Waals surface area contributed by atoms with Gasteiger partial charge < -0.3 is 39.5 Å². The molecule has 6 N–H and O–H groups in total. The number of rotatable bonds is 12. The quantitative estimate of drug-likeness (QED) is 0.0488. The van der Waals surface area contributed by atoms with E-state index in [0.29, 0.717) is 6.08 Å². The third-order valence-corrected chi connectivity index (χ3v) is 10.4. The number of nitrogens with zero attached hydrogens (tertiary/aromatic N) is 10. The topological polar surface area (TPSA) is 435 Å². The SMILES string of the molecule is [N-]=[N+]=Nc1nc2c(N)ncnc2n1[C@@H]1O[C@H](COP(=O)(O)OP(=O)(O)OP(=O)(O)O)[C@H]2OC3(CC([N+](=O)[O-])=CC([N+](=O)[O-])=C3[N+](=O)[O-])O[C@H]21. The molecule has 0 radical (unpaired) electrons. The van der Waals surface area contributed by atoms with Crippen LogP contribution in [0.25, 0.3) is 21.6 Å². The van der Waals surface area contributed by atoms with Crippen molar-refractivity contribution in [2.75, 3.05) is 12.3 Å². The minimum atomic E-state index is -5.99. The van der Waals surface area contributed by atoms with Crippen molar-refractivity contribution in [2.24, 2.45) is 5.11 Å². The molecule has 264 valence electrons. The zero-order valence-corrected chi connectivity index (χ0v) is 25.9. The van der Waals surface area contributed by atoms with Gasteiger partial charge in [-0.1, -0.05) is 0 Å². The van der Waals surface area contributed by atoms with Crippen molar-refractivity contribution in [2.45, 2.75) is 36.7 Å². The second-order valence-electron chi connectivity index (χ2n) is 9.59. The number of phosphoric acid groups is 3. The first-order valence-electron chi connectivity index (χ1n) is 12.4. The molecule has 2 aliphatic heterocycles. The van der Waals surface area contributed by atoms with Crippen LogP contribution in [-0.2, 0) is 41.1 Å². The third kappa shape index (κ3) is 7.04. The molecule has 3 unspecified atom stereocenters. The Bertz CT molecular complexity index is 2040. The second kappa shape index (κ2) is 12.5. The van der Waals surface area contributed by atoms with Crippen LogP contribution in [0.2, 0.25) is 0 Å². The van der Waals surface area contributed by atoms with Crippen molar-refractivity contribution >= 4 is 46.4 Å². The Morgan fingerprint density at radius 3 is 2.33 bits per heavy atom. The van der Waals surface area contributed by atoms with E-state index in [-0.39, 0.29) is 17.0 Å². The zero-order chi connectivity index (χ0) is 36.3. The Labute approximate surface area is 266 Å². The number of azide groups is 1. The number of nitrogen functional groups attached to an aromatic ring is 1. The van der Waals surface area contributed by atoms with Gasteiger partial charge in [-0.3, -0.25) is 39.4 Å². The molecule has 1 spiro atoms. The molecule has 2 aromatic heterocycles. The summed E-state index contributed by atoms with van der Waals surface area (Å²) >= 11 is 0. The lowest BCUT2D eigenvalue weighted by Gasteiger charge is -2.29. The van der Waals surface area contributed by atoms with Crippen molar-refractivity contribution in [3.63, 3.8) is 0 Å². The molecular formula is C16H16N11O19P3. The van der Waals surface area contributed by atoms with Crippen LogP contribution < -0.4 is 5.73 Å². The largest absolute Gasteiger partial charge is 0.490 e. The highest BCUT2D eigenvalue weighted by Crippen LogP contribution is 2.66. The van der Waals surface area contributed by atoms with Gasteiger partial charge in [0.25, 0.3) is 11.5 Å². The van der Waals surface area contributed by atoms with Crippen LogP contribution >= 0.6 is 23.5 Å². The average Bonchev–Trinajstić information content (AvgIpc) is 3.59. The molecule has 0 aromatic carbocycles. The lowest BCUT2D eigenvalue weighted by Crippen LogP contribution is -2.44. The molecule has 49 heavy (non-hydrogen) atoms. The molecule has 4 heterocycles. The number of phosphoric ester groups is 1. The van der Waals surface area contributed by atoms with Crippen LogP contribution in [0.15, 0.2) is 34.6 Å². The molecule has 2 aromatic rings. The fourth-order valence-corrected chi connectivity index (χ4v) is 8.02. The molecule has 30 nitrogen and oxygen atoms in total. The normalized spacial score (nSPS) is 27.6. The molecule has 2 fully saturated rings. The number of allylic oxidation sites excluding steroid dienone is 1. The predicted molar refractivity (Wildman–Crippen MR) is 145 cm³/mol. The van der Waals surface area contributed by atoms with Crippen molar-refractivity contribution in [1.29, 1.82) is 0 Å². The van der Waals surface area contributed by atoms with Crippen LogP contribution in [0, 0.1) is 30.3 Å². The molecule has 2 saturated heterocycles. The number of aromatic nitrogens is 4. The van der Waals surface area contributed by atoms with Crippen LogP contribution in [0.5, 0.6) is 0 Å². The minimum Gasteiger partial charge on any atom is -0.382 e. The van der Waals surface area contributed by atoms with Gasteiger partial charge in [-0.25, -0.2) is 28.6 Å². The van der Waals surface area contributed by atoms with Gasteiger partial charge >= 0.3 is 34.9 Å². The molecule has 3 aliphatic rings. The summed E-state index contributed by atoms with van der Waals surface area (Å²) in [5.41, 5.74) is 10.7. The Morgan fingerprint density at radius 1 is 1.06 bits per heavy atom. The summed E-state index contributed by atoms with van der Waals surface area (Å²) in [7, 11) is -17.6. The zero-order valence-electron chi connectivity index (χ0n) is 23.2. The van der Waals surface area contributed by atoms with E-state index < -0.39 is 105 Å². The van der Waals surface area contributed by atoms with Crippen molar-refractivity contribution in [1.82, 2.24) is 19.5 Å². The lowest BCUT2D eigenvalue weighted by atomic mass is 9.98. The fraction of sp³-hybridized carbons (Fsp3) is 0.438. The van der Waals surface area contributed by atoms with Crippen LogP contribution in [0.4, 0.5) is 11.8 Å². The molecule has 33 heteroatoms. The summed E-state index contributed by atoms with van der Waals surface area (Å²) in [5, 5.41) is 39.1. The van der Waals surface area contributed by atoms with Gasteiger partial charge in [-0.2, -0.15) is 8.62 Å². The summed E-state index contributed by atoms with van der Waals surface area (Å²) in [5.74, 6) is -3.77. The average molecular weight is 759 g/mol. The standard InChI is InChI=1S/C16H16N11O19P3/c17-12-8-13(20-4-19-12)24(15(21-8)22-23-18)14-10-9(7(42-14)3-41-48(37,38)46-49(39,40)45-47(34,35)36)43-16(44-10)2-5(25(28)29)1-6(26(30)31)11(16)27(32)33/h1,4,7,9-10,14H,2-3H2,(H,37,38)(H,39,40)(H2,17,19,20)(H2,34,35,36)/t7-,9-,10-,14-,16?/m1/s1. The van der Waals surface area contributed by atoms with Crippen molar-refractivity contribution in [3.05, 3.63) is 70.3 Å². The van der Waals surface area contributed by atoms with Crippen molar-refractivity contribution in [3.8, 4) is 0 Å². The Kier molecular flexibility index (Phi) is 9.17. The molecule has 5 rings (SSSR count). The van der Waals surface area contributed by atoms with Crippen LogP contribution in [-0.4, -0.2) is 84.6 Å². The highest BCUT2D eigenvalue weighted by molar-refractivity contribution is 7.66. The van der Waals surface area contributed by atoms with E-state index in [9.17, 15) is 53.8 Å². The highest BCUT2D eigenvalue weighted by Gasteiger charge is 2.68. The first-order chi connectivity index (χ1) is 22.7. The van der Waals surface area contributed by atoms with Gasteiger partial charge in [-0.15, -0.1) is 0 Å². The van der Waals surface area contributed by atoms with Gasteiger partial charge in [0.1, 0.15) is 31.1 Å². The Morgan fingerprint density at radius 2 is 1.73 bits per heavy atom. The predicted octanol–water partition coefficient (Wildman–Crippen LogP) is 0.401. The van der Waals surface area contributed by atoms with E-state index in [1.165, 1.54) is 0 Å². The van der Waals surface area contributed by atoms with E-state index in [0.717, 1.165) is 10.9 Å². The molecule has 0 saturated carbocycles. The number of nitrogens with two attached hydrogens (primary N) is 1. The minimum absolute atomic E-state index is 0.201. The second-order valence-corrected chi connectivity index (χ2v) is 14.0. The maximum atomic E-state index is 12.5. The number of anilines is 1. The summed E-state index contributed by atoms with van der Waals surface area (Å²) in [4.78, 5) is 83.2. The summed E-state index contributed by atoms with van der Waals surface area (Å²) < 4.78 is 65.4. The van der Waals surface area contributed by atoms with E-state index in [1.807, 2.05) is 0 Å². The van der Waals surface area contributed by atoms with Gasteiger partial charge in [0, 0.05) is 4.91 Å². The first-order valence-corrected chi connectivity index (χ1v) is 16.9. The number of ether oxygens (including phenoxy) is 3. The number of imidazole rings is 1. The fourth-order valence-electron chi connectivity index (χ4n) is 4.99. The maximum absolute atomic E-state index is 12.5. The molecule has 0 bridgehead atoms. The Balaban J connectivity index is 1.60. The van der Waals surface area contributed by atoms with E-state index in [4.69, 9.17) is 35.3 Å². The number of hydrogen-bond donors (Lipinski definition) is 5. The molecule has 7 atom stereocenters.